The van der Waals surface area contributed by atoms with E-state index in [1.807, 2.05) is 4.90 Å². The third-order valence-corrected chi connectivity index (χ3v) is 4.67. The third-order valence-electron chi connectivity index (χ3n) is 4.00. The second kappa shape index (κ2) is 6.83. The predicted octanol–water partition coefficient (Wildman–Crippen LogP) is 1.98. The SMILES string of the molecule is CC1CCCC(C)N(C(=O)c2ccc(CNS(C)(=O)=O)o2)C1. The monoisotopic (exact) mass is 328 g/mol. The molecule has 1 N–H and O–H groups in total. The lowest BCUT2D eigenvalue weighted by atomic mass is 10.1. The summed E-state index contributed by atoms with van der Waals surface area (Å²) in [6, 6.07) is 3.45. The van der Waals surface area contributed by atoms with Gasteiger partial charge in [0.05, 0.1) is 12.8 Å². The summed E-state index contributed by atoms with van der Waals surface area (Å²) in [4.78, 5) is 14.5. The van der Waals surface area contributed by atoms with Crippen molar-refractivity contribution in [3.05, 3.63) is 23.7 Å². The molecule has 0 aliphatic carbocycles. The number of amides is 1. The van der Waals surface area contributed by atoms with Crippen LogP contribution in [0.1, 0.15) is 49.4 Å². The molecule has 7 heteroatoms. The van der Waals surface area contributed by atoms with Crippen LogP contribution in [-0.2, 0) is 16.6 Å². The molecule has 2 unspecified atom stereocenters. The molecule has 0 bridgehead atoms. The maximum atomic E-state index is 12.6. The maximum Gasteiger partial charge on any atom is 0.289 e. The first-order chi connectivity index (χ1) is 10.3. The van der Waals surface area contributed by atoms with Gasteiger partial charge in [-0.05, 0) is 37.8 Å². The standard InChI is InChI=1S/C15H24N2O4S/c1-11-5-4-6-12(2)17(10-11)15(18)14-8-7-13(21-14)9-16-22(3,19)20/h7-8,11-12,16H,4-6,9-10H2,1-3H3. The molecule has 1 aromatic rings. The van der Waals surface area contributed by atoms with Crippen molar-refractivity contribution in [2.75, 3.05) is 12.8 Å². The number of hydrogen-bond acceptors (Lipinski definition) is 4. The average Bonchev–Trinajstić information content (AvgIpc) is 2.83. The molecule has 2 heterocycles. The van der Waals surface area contributed by atoms with E-state index in [0.717, 1.165) is 32.1 Å². The van der Waals surface area contributed by atoms with Gasteiger partial charge in [-0.25, -0.2) is 13.1 Å². The van der Waals surface area contributed by atoms with Crippen LogP contribution < -0.4 is 4.72 Å². The summed E-state index contributed by atoms with van der Waals surface area (Å²) in [5.41, 5.74) is 0. The lowest BCUT2D eigenvalue weighted by molar-refractivity contribution is 0.0643. The highest BCUT2D eigenvalue weighted by Gasteiger charge is 2.27. The number of sulfonamides is 1. The molecule has 6 nitrogen and oxygen atoms in total. The largest absolute Gasteiger partial charge is 0.455 e. The van der Waals surface area contributed by atoms with Crippen molar-refractivity contribution >= 4 is 15.9 Å². The van der Waals surface area contributed by atoms with E-state index in [2.05, 4.69) is 18.6 Å². The highest BCUT2D eigenvalue weighted by Crippen LogP contribution is 2.23. The van der Waals surface area contributed by atoms with Crippen LogP contribution in [0.15, 0.2) is 16.5 Å². The summed E-state index contributed by atoms with van der Waals surface area (Å²) in [5.74, 6) is 1.07. The molecule has 0 spiro atoms. The fourth-order valence-corrected chi connectivity index (χ4v) is 3.14. The zero-order valence-corrected chi connectivity index (χ0v) is 14.1. The Balaban J connectivity index is 2.07. The smallest absolute Gasteiger partial charge is 0.289 e. The number of hydrogen-bond donors (Lipinski definition) is 1. The molecule has 1 aliphatic rings. The topological polar surface area (TPSA) is 79.6 Å². The van der Waals surface area contributed by atoms with Gasteiger partial charge in [0.25, 0.3) is 5.91 Å². The summed E-state index contributed by atoms with van der Waals surface area (Å²) >= 11 is 0. The Morgan fingerprint density at radius 1 is 1.36 bits per heavy atom. The summed E-state index contributed by atoms with van der Waals surface area (Å²) < 4.78 is 30.0. The van der Waals surface area contributed by atoms with Crippen LogP contribution in [0.25, 0.3) is 0 Å². The molecule has 0 saturated carbocycles. The van der Waals surface area contributed by atoms with E-state index in [-0.39, 0.29) is 24.3 Å². The van der Waals surface area contributed by atoms with Crippen LogP contribution in [0.3, 0.4) is 0 Å². The highest BCUT2D eigenvalue weighted by atomic mass is 32.2. The lowest BCUT2D eigenvalue weighted by Gasteiger charge is -2.27. The van der Waals surface area contributed by atoms with Gasteiger partial charge in [0.15, 0.2) is 5.76 Å². The van der Waals surface area contributed by atoms with Crippen LogP contribution in [-0.4, -0.2) is 38.1 Å². The number of nitrogens with one attached hydrogen (secondary N) is 1. The van der Waals surface area contributed by atoms with Crippen LogP contribution in [0.4, 0.5) is 0 Å². The Bertz CT molecular complexity index is 623. The molecule has 2 rings (SSSR count). The van der Waals surface area contributed by atoms with E-state index in [4.69, 9.17) is 4.42 Å². The normalized spacial score (nSPS) is 23.3. The van der Waals surface area contributed by atoms with Gasteiger partial charge in [-0.1, -0.05) is 13.3 Å². The zero-order valence-electron chi connectivity index (χ0n) is 13.3. The highest BCUT2D eigenvalue weighted by molar-refractivity contribution is 7.88. The number of furan rings is 1. The van der Waals surface area contributed by atoms with Gasteiger partial charge in [-0.2, -0.15) is 0 Å². The molecule has 1 amide bonds. The van der Waals surface area contributed by atoms with Gasteiger partial charge >= 0.3 is 0 Å². The molecular weight excluding hydrogens is 304 g/mol. The Hall–Kier alpha value is -1.34. The molecule has 124 valence electrons. The average molecular weight is 328 g/mol. The Morgan fingerprint density at radius 2 is 2.09 bits per heavy atom. The van der Waals surface area contributed by atoms with Gasteiger partial charge in [-0.3, -0.25) is 4.79 Å². The third kappa shape index (κ3) is 4.58. The summed E-state index contributed by atoms with van der Waals surface area (Å²) in [6.45, 7) is 5.00. The Kier molecular flexibility index (Phi) is 5.28. The first-order valence-corrected chi connectivity index (χ1v) is 9.49. The van der Waals surface area contributed by atoms with E-state index in [1.165, 1.54) is 0 Å². The summed E-state index contributed by atoms with van der Waals surface area (Å²) in [7, 11) is -3.28. The van der Waals surface area contributed by atoms with Crippen molar-refractivity contribution in [2.24, 2.45) is 5.92 Å². The molecular formula is C15H24N2O4S. The molecule has 1 aromatic heterocycles. The Morgan fingerprint density at radius 3 is 2.77 bits per heavy atom. The molecule has 1 aliphatic heterocycles. The minimum Gasteiger partial charge on any atom is -0.455 e. The number of rotatable bonds is 4. The molecule has 0 radical (unpaired) electrons. The number of likely N-dealkylation sites (tertiary alicyclic amines) is 1. The fourth-order valence-electron chi connectivity index (χ4n) is 2.74. The maximum absolute atomic E-state index is 12.6. The minimum absolute atomic E-state index is 0.0536. The van der Waals surface area contributed by atoms with E-state index >= 15 is 0 Å². The van der Waals surface area contributed by atoms with E-state index in [0.29, 0.717) is 11.7 Å². The van der Waals surface area contributed by atoms with Crippen LogP contribution in [0.5, 0.6) is 0 Å². The van der Waals surface area contributed by atoms with Gasteiger partial charge in [0, 0.05) is 12.6 Å². The molecule has 1 fully saturated rings. The lowest BCUT2D eigenvalue weighted by Crippen LogP contribution is -2.39. The van der Waals surface area contributed by atoms with Crippen molar-refractivity contribution in [3.63, 3.8) is 0 Å². The van der Waals surface area contributed by atoms with Crippen molar-refractivity contribution in [1.82, 2.24) is 9.62 Å². The molecule has 0 aromatic carbocycles. The second-order valence-corrected chi connectivity index (χ2v) is 8.03. The van der Waals surface area contributed by atoms with Crippen molar-refractivity contribution in [1.29, 1.82) is 0 Å². The van der Waals surface area contributed by atoms with E-state index < -0.39 is 10.0 Å². The number of nitrogens with zero attached hydrogens (tertiary/aromatic N) is 1. The first-order valence-electron chi connectivity index (χ1n) is 7.60. The van der Waals surface area contributed by atoms with Crippen LogP contribution in [0, 0.1) is 5.92 Å². The van der Waals surface area contributed by atoms with Crippen LogP contribution >= 0.6 is 0 Å². The molecule has 22 heavy (non-hydrogen) atoms. The fraction of sp³-hybridized carbons (Fsp3) is 0.667. The van der Waals surface area contributed by atoms with E-state index in [1.54, 1.807) is 12.1 Å². The van der Waals surface area contributed by atoms with Crippen molar-refractivity contribution in [3.8, 4) is 0 Å². The van der Waals surface area contributed by atoms with Gasteiger partial charge < -0.3 is 9.32 Å². The van der Waals surface area contributed by atoms with E-state index in [9.17, 15) is 13.2 Å². The number of carbonyl (C=O) groups is 1. The molecule has 1 saturated heterocycles. The Labute approximate surface area is 131 Å². The van der Waals surface area contributed by atoms with Gasteiger partial charge in [0.1, 0.15) is 5.76 Å². The molecule has 2 atom stereocenters. The summed E-state index contributed by atoms with van der Waals surface area (Å²) in [5, 5.41) is 0. The minimum atomic E-state index is -3.28. The van der Waals surface area contributed by atoms with Gasteiger partial charge in [-0.15, -0.1) is 0 Å². The predicted molar refractivity (Wildman–Crippen MR) is 83.9 cm³/mol. The van der Waals surface area contributed by atoms with Crippen molar-refractivity contribution < 1.29 is 17.6 Å². The van der Waals surface area contributed by atoms with Gasteiger partial charge in [0.2, 0.25) is 10.0 Å². The second-order valence-electron chi connectivity index (χ2n) is 6.20. The van der Waals surface area contributed by atoms with Crippen molar-refractivity contribution in [2.45, 2.75) is 45.7 Å². The zero-order chi connectivity index (χ0) is 16.3. The quantitative estimate of drug-likeness (QED) is 0.916. The summed E-state index contributed by atoms with van der Waals surface area (Å²) in [6.07, 6.45) is 4.35. The first kappa shape index (κ1) is 17.0. The number of carbonyl (C=O) groups excluding carboxylic acids is 1. The van der Waals surface area contributed by atoms with Crippen LogP contribution in [0.2, 0.25) is 0 Å².